The van der Waals surface area contributed by atoms with Gasteiger partial charge < -0.3 is 9.80 Å². The van der Waals surface area contributed by atoms with Crippen LogP contribution in [-0.4, -0.2) is 55.8 Å². The lowest BCUT2D eigenvalue weighted by Crippen LogP contribution is -2.55. The number of piperidine rings is 2. The zero-order valence-corrected chi connectivity index (χ0v) is 13.7. The Kier molecular flexibility index (Phi) is 4.64. The number of amides is 2. The van der Waals surface area contributed by atoms with Gasteiger partial charge in [-0.25, -0.2) is 9.78 Å². The van der Waals surface area contributed by atoms with Crippen LogP contribution in [-0.2, 0) is 6.54 Å². The molecule has 1 aromatic heterocycles. The van der Waals surface area contributed by atoms with E-state index in [1.165, 1.54) is 6.42 Å². The number of urea groups is 1. The molecule has 2 amide bonds. The number of carbonyl (C=O) groups is 1. The van der Waals surface area contributed by atoms with Gasteiger partial charge in [0.2, 0.25) is 0 Å². The van der Waals surface area contributed by atoms with Crippen molar-refractivity contribution in [2.45, 2.75) is 64.6 Å². The topological polar surface area (TPSA) is 54.3 Å². The smallest absolute Gasteiger partial charge is 0.320 e. The van der Waals surface area contributed by atoms with E-state index in [9.17, 15) is 4.79 Å². The summed E-state index contributed by atoms with van der Waals surface area (Å²) in [5.41, 5.74) is 0. The molecule has 0 radical (unpaired) electrons. The Morgan fingerprint density at radius 3 is 2.64 bits per heavy atom. The Balaban J connectivity index is 1.62. The van der Waals surface area contributed by atoms with Gasteiger partial charge in [-0.1, -0.05) is 0 Å². The van der Waals surface area contributed by atoms with Crippen LogP contribution < -0.4 is 0 Å². The van der Waals surface area contributed by atoms with Crippen LogP contribution in [0, 0.1) is 5.92 Å². The highest BCUT2D eigenvalue weighted by Gasteiger charge is 2.34. The van der Waals surface area contributed by atoms with E-state index < -0.39 is 0 Å². The fraction of sp³-hybridized carbons (Fsp3) is 0.812. The first kappa shape index (κ1) is 15.3. The molecule has 0 unspecified atom stereocenters. The van der Waals surface area contributed by atoms with Gasteiger partial charge in [-0.2, -0.15) is 5.10 Å². The van der Waals surface area contributed by atoms with Crippen LogP contribution in [0.5, 0.6) is 0 Å². The van der Waals surface area contributed by atoms with Crippen molar-refractivity contribution in [2.75, 3.05) is 13.1 Å². The lowest BCUT2D eigenvalue weighted by atomic mass is 9.96. The Labute approximate surface area is 132 Å². The third-order valence-electron chi connectivity index (χ3n) is 5.12. The number of rotatable bonds is 2. The molecule has 0 N–H and O–H groups in total. The van der Waals surface area contributed by atoms with Gasteiger partial charge in [-0.3, -0.25) is 4.68 Å². The molecule has 3 atom stereocenters. The van der Waals surface area contributed by atoms with E-state index in [1.54, 1.807) is 12.7 Å². The minimum Gasteiger partial charge on any atom is -0.324 e. The molecule has 2 fully saturated rings. The van der Waals surface area contributed by atoms with Crippen molar-refractivity contribution in [3.8, 4) is 0 Å². The number of carbonyl (C=O) groups excluding carboxylic acids is 1. The molecule has 2 saturated heterocycles. The summed E-state index contributed by atoms with van der Waals surface area (Å²) in [6.45, 7) is 6.96. The van der Waals surface area contributed by atoms with Crippen LogP contribution in [0.25, 0.3) is 0 Å². The number of likely N-dealkylation sites (tertiary alicyclic amines) is 2. The van der Waals surface area contributed by atoms with Crippen molar-refractivity contribution >= 4 is 6.03 Å². The third kappa shape index (κ3) is 3.25. The molecule has 3 rings (SSSR count). The van der Waals surface area contributed by atoms with Crippen molar-refractivity contribution in [1.29, 1.82) is 0 Å². The summed E-state index contributed by atoms with van der Waals surface area (Å²) in [4.78, 5) is 21.1. The van der Waals surface area contributed by atoms with Crippen molar-refractivity contribution in [1.82, 2.24) is 24.6 Å². The average Bonchev–Trinajstić information content (AvgIpc) is 3.00. The van der Waals surface area contributed by atoms with Crippen LogP contribution in [0.4, 0.5) is 4.79 Å². The lowest BCUT2D eigenvalue weighted by Gasteiger charge is -2.43. The van der Waals surface area contributed by atoms with Gasteiger partial charge in [0.05, 0.1) is 0 Å². The molecule has 2 aliphatic rings. The minimum atomic E-state index is 0.239. The molecule has 6 nitrogen and oxygen atoms in total. The largest absolute Gasteiger partial charge is 0.324 e. The Bertz CT molecular complexity index is 479. The summed E-state index contributed by atoms with van der Waals surface area (Å²) in [5.74, 6) is 0.481. The first-order chi connectivity index (χ1) is 10.6. The van der Waals surface area contributed by atoms with Crippen molar-refractivity contribution < 1.29 is 4.79 Å². The molecule has 1 aromatic rings. The number of nitrogens with zero attached hydrogens (tertiary/aromatic N) is 5. The van der Waals surface area contributed by atoms with Crippen LogP contribution in [0.15, 0.2) is 12.7 Å². The summed E-state index contributed by atoms with van der Waals surface area (Å²) in [6.07, 6.45) is 9.08. The third-order valence-corrected chi connectivity index (χ3v) is 5.12. The Hall–Kier alpha value is -1.59. The SMILES string of the molecule is C[C@@H]1CCC[C@H](C)N1C(=O)N1CCC[C@@H](Cn2cncn2)C1. The monoisotopic (exact) mass is 305 g/mol. The second kappa shape index (κ2) is 6.67. The standard InChI is InChI=1S/C16H27N5O/c1-13-5-3-6-14(2)21(13)16(22)19-8-4-7-15(9-19)10-20-12-17-11-18-20/h11-15H,3-10H2,1-2H3/t13-,14+,15-/m1/s1. The summed E-state index contributed by atoms with van der Waals surface area (Å²) in [7, 11) is 0. The average molecular weight is 305 g/mol. The zero-order valence-electron chi connectivity index (χ0n) is 13.7. The normalized spacial score (nSPS) is 29.6. The van der Waals surface area contributed by atoms with Crippen LogP contribution >= 0.6 is 0 Å². The molecule has 3 heterocycles. The van der Waals surface area contributed by atoms with E-state index in [-0.39, 0.29) is 6.03 Å². The summed E-state index contributed by atoms with van der Waals surface area (Å²) in [6, 6.07) is 0.974. The quantitative estimate of drug-likeness (QED) is 0.843. The van der Waals surface area contributed by atoms with E-state index >= 15 is 0 Å². The minimum absolute atomic E-state index is 0.239. The van der Waals surface area contributed by atoms with Crippen LogP contribution in [0.1, 0.15) is 46.0 Å². The molecule has 122 valence electrons. The van der Waals surface area contributed by atoms with Gasteiger partial charge in [-0.15, -0.1) is 0 Å². The Morgan fingerprint density at radius 2 is 1.95 bits per heavy atom. The molecular formula is C16H27N5O. The van der Waals surface area contributed by atoms with Crippen LogP contribution in [0.3, 0.4) is 0 Å². The van der Waals surface area contributed by atoms with E-state index in [2.05, 4.69) is 33.7 Å². The van der Waals surface area contributed by atoms with Crippen molar-refractivity contribution in [3.05, 3.63) is 12.7 Å². The molecule has 0 aromatic carbocycles. The summed E-state index contributed by atoms with van der Waals surface area (Å²) in [5, 5.41) is 4.19. The summed E-state index contributed by atoms with van der Waals surface area (Å²) < 4.78 is 1.88. The number of hydrogen-bond acceptors (Lipinski definition) is 3. The fourth-order valence-electron chi connectivity index (χ4n) is 3.94. The first-order valence-corrected chi connectivity index (χ1v) is 8.55. The first-order valence-electron chi connectivity index (χ1n) is 8.55. The molecule has 0 spiro atoms. The maximum atomic E-state index is 12.9. The molecule has 6 heteroatoms. The van der Waals surface area contributed by atoms with Gasteiger partial charge in [-0.05, 0) is 51.9 Å². The van der Waals surface area contributed by atoms with Gasteiger partial charge in [0, 0.05) is 31.7 Å². The molecule has 0 aliphatic carbocycles. The van der Waals surface area contributed by atoms with E-state index in [0.29, 0.717) is 18.0 Å². The molecule has 22 heavy (non-hydrogen) atoms. The molecule has 0 saturated carbocycles. The highest BCUT2D eigenvalue weighted by molar-refractivity contribution is 5.75. The summed E-state index contributed by atoms with van der Waals surface area (Å²) >= 11 is 0. The zero-order chi connectivity index (χ0) is 15.5. The predicted molar refractivity (Wildman–Crippen MR) is 84.3 cm³/mol. The van der Waals surface area contributed by atoms with Crippen molar-refractivity contribution in [3.63, 3.8) is 0 Å². The highest BCUT2D eigenvalue weighted by Crippen LogP contribution is 2.26. The van der Waals surface area contributed by atoms with Gasteiger partial charge in [0.15, 0.2) is 0 Å². The fourth-order valence-corrected chi connectivity index (χ4v) is 3.94. The predicted octanol–water partition coefficient (Wildman–Crippen LogP) is 2.37. The van der Waals surface area contributed by atoms with Gasteiger partial charge >= 0.3 is 6.03 Å². The van der Waals surface area contributed by atoms with Crippen molar-refractivity contribution in [2.24, 2.45) is 5.92 Å². The number of aromatic nitrogens is 3. The second-order valence-corrected chi connectivity index (χ2v) is 6.89. The van der Waals surface area contributed by atoms with Gasteiger partial charge in [0.25, 0.3) is 0 Å². The Morgan fingerprint density at radius 1 is 1.18 bits per heavy atom. The van der Waals surface area contributed by atoms with E-state index in [0.717, 1.165) is 45.3 Å². The maximum Gasteiger partial charge on any atom is 0.320 e. The van der Waals surface area contributed by atoms with E-state index in [1.807, 2.05) is 4.68 Å². The van der Waals surface area contributed by atoms with Gasteiger partial charge in [0.1, 0.15) is 12.7 Å². The lowest BCUT2D eigenvalue weighted by molar-refractivity contribution is 0.0767. The van der Waals surface area contributed by atoms with Crippen LogP contribution in [0.2, 0.25) is 0 Å². The molecule has 2 aliphatic heterocycles. The van der Waals surface area contributed by atoms with E-state index in [4.69, 9.17) is 0 Å². The molecular weight excluding hydrogens is 278 g/mol. The number of hydrogen-bond donors (Lipinski definition) is 0. The second-order valence-electron chi connectivity index (χ2n) is 6.89. The highest BCUT2D eigenvalue weighted by atomic mass is 16.2. The molecule has 0 bridgehead atoms. The maximum absolute atomic E-state index is 12.9.